The molecule has 4 aromatic rings. The molecule has 3 aromatic carbocycles. The minimum absolute atomic E-state index is 0. The van der Waals surface area contributed by atoms with E-state index in [1.54, 1.807) is 0 Å². The first-order valence-electron chi connectivity index (χ1n) is 9.31. The zero-order valence-electron chi connectivity index (χ0n) is 15.8. The van der Waals surface area contributed by atoms with Crippen LogP contribution in [0.2, 0.25) is 0 Å². The number of rotatable bonds is 6. The smallest absolute Gasteiger partial charge is 0.194 e. The molecule has 0 unspecified atom stereocenters. The Morgan fingerprint density at radius 1 is 0.714 bits per heavy atom. The summed E-state index contributed by atoms with van der Waals surface area (Å²) in [6.07, 6.45) is 3.50. The fraction of sp³-hybridized carbons (Fsp3) is 0.125. The molecule has 0 aliphatic carbocycles. The van der Waals surface area contributed by atoms with E-state index in [0.717, 1.165) is 24.2 Å². The normalized spacial score (nSPS) is 11.0. The summed E-state index contributed by atoms with van der Waals surface area (Å²) in [5.74, 6) is 0.803. The van der Waals surface area contributed by atoms with Crippen molar-refractivity contribution in [1.29, 1.82) is 0 Å². The number of hydrogen-bond acceptors (Lipinski definition) is 2. The highest BCUT2D eigenvalue weighted by Crippen LogP contribution is 2.57. The number of aromatic nitrogens is 1. The van der Waals surface area contributed by atoms with Gasteiger partial charge in [-0.25, -0.2) is 4.98 Å². The van der Waals surface area contributed by atoms with Crippen molar-refractivity contribution in [2.45, 2.75) is 19.5 Å². The molecule has 0 aliphatic heterocycles. The number of halogens is 1. The SMILES string of the molecule is CCc1nc(C[P+](c2ccccc2)(c2ccccc2)c2ccccc2)co1.[Cl-]. The third-order valence-electron chi connectivity index (χ3n) is 4.89. The van der Waals surface area contributed by atoms with Crippen LogP contribution in [0, 0.1) is 0 Å². The molecule has 0 N–H and O–H groups in total. The third-order valence-corrected chi connectivity index (χ3v) is 9.23. The van der Waals surface area contributed by atoms with Crippen LogP contribution in [0.25, 0.3) is 0 Å². The Bertz CT molecular complexity index is 890. The molecule has 1 aromatic heterocycles. The van der Waals surface area contributed by atoms with E-state index < -0.39 is 7.26 Å². The van der Waals surface area contributed by atoms with E-state index in [0.29, 0.717) is 0 Å². The van der Waals surface area contributed by atoms with Crippen molar-refractivity contribution in [3.8, 4) is 0 Å². The zero-order chi connectivity index (χ0) is 18.5. The Labute approximate surface area is 173 Å². The first-order valence-corrected chi connectivity index (χ1v) is 11.3. The highest BCUT2D eigenvalue weighted by Gasteiger charge is 2.46. The Hall–Kier alpha value is -2.41. The van der Waals surface area contributed by atoms with E-state index >= 15 is 0 Å². The van der Waals surface area contributed by atoms with Gasteiger partial charge in [-0.15, -0.1) is 0 Å². The molecular formula is C24H23ClNOP. The average Bonchev–Trinajstić information content (AvgIpc) is 3.21. The summed E-state index contributed by atoms with van der Waals surface area (Å²) in [5.41, 5.74) is 1.02. The van der Waals surface area contributed by atoms with E-state index in [1.165, 1.54) is 15.9 Å². The predicted octanol–water partition coefficient (Wildman–Crippen LogP) is 1.74. The van der Waals surface area contributed by atoms with Crippen molar-refractivity contribution in [2.24, 2.45) is 0 Å². The van der Waals surface area contributed by atoms with Gasteiger partial charge >= 0.3 is 0 Å². The van der Waals surface area contributed by atoms with Gasteiger partial charge in [0, 0.05) is 6.42 Å². The first kappa shape index (κ1) is 20.3. The third kappa shape index (κ3) is 3.90. The molecule has 4 heteroatoms. The van der Waals surface area contributed by atoms with Crippen LogP contribution in [0.5, 0.6) is 0 Å². The Morgan fingerprint density at radius 2 is 1.14 bits per heavy atom. The van der Waals surface area contributed by atoms with Crippen molar-refractivity contribution >= 4 is 23.2 Å². The van der Waals surface area contributed by atoms with Gasteiger partial charge in [0.05, 0.1) is 0 Å². The Balaban J connectivity index is 0.00000225. The second-order valence-corrected chi connectivity index (χ2v) is 10.0. The van der Waals surface area contributed by atoms with Gasteiger partial charge in [-0.2, -0.15) is 0 Å². The van der Waals surface area contributed by atoms with Gasteiger partial charge < -0.3 is 16.8 Å². The van der Waals surface area contributed by atoms with E-state index in [4.69, 9.17) is 9.40 Å². The molecule has 0 saturated heterocycles. The minimum Gasteiger partial charge on any atom is -1.00 e. The summed E-state index contributed by atoms with van der Waals surface area (Å²) in [4.78, 5) is 4.75. The molecule has 4 rings (SSSR count). The minimum atomic E-state index is -1.89. The summed E-state index contributed by atoms with van der Waals surface area (Å²) < 4.78 is 5.67. The lowest BCUT2D eigenvalue weighted by atomic mass is 10.4. The summed E-state index contributed by atoms with van der Waals surface area (Å²) in [5, 5.41) is 4.09. The molecule has 0 fully saturated rings. The van der Waals surface area contributed by atoms with E-state index in [2.05, 4.69) is 97.9 Å². The lowest BCUT2D eigenvalue weighted by Gasteiger charge is -2.26. The summed E-state index contributed by atoms with van der Waals surface area (Å²) in [6.45, 7) is 2.07. The molecule has 0 spiro atoms. The number of aryl methyl sites for hydroxylation is 1. The first-order chi connectivity index (χ1) is 13.3. The maximum Gasteiger partial charge on any atom is 0.194 e. The molecule has 28 heavy (non-hydrogen) atoms. The van der Waals surface area contributed by atoms with Gasteiger partial charge in [0.1, 0.15) is 41.3 Å². The second-order valence-electron chi connectivity index (χ2n) is 6.56. The van der Waals surface area contributed by atoms with Crippen LogP contribution in [-0.4, -0.2) is 4.98 Å². The maximum atomic E-state index is 5.67. The Morgan fingerprint density at radius 3 is 1.50 bits per heavy atom. The van der Waals surface area contributed by atoms with Crippen LogP contribution >= 0.6 is 7.26 Å². The van der Waals surface area contributed by atoms with Crippen molar-refractivity contribution in [1.82, 2.24) is 4.98 Å². The van der Waals surface area contributed by atoms with E-state index in [9.17, 15) is 0 Å². The van der Waals surface area contributed by atoms with Crippen LogP contribution < -0.4 is 28.3 Å². The largest absolute Gasteiger partial charge is 1.00 e. The zero-order valence-corrected chi connectivity index (χ0v) is 17.5. The molecule has 0 bridgehead atoms. The lowest BCUT2D eigenvalue weighted by Crippen LogP contribution is -3.00. The van der Waals surface area contributed by atoms with Crippen LogP contribution in [0.15, 0.2) is 102 Å². The van der Waals surface area contributed by atoms with E-state index in [1.807, 2.05) is 6.26 Å². The molecular weight excluding hydrogens is 385 g/mol. The molecule has 1 heterocycles. The average molecular weight is 408 g/mol. The van der Waals surface area contributed by atoms with Gasteiger partial charge in [-0.3, -0.25) is 0 Å². The highest BCUT2D eigenvalue weighted by molar-refractivity contribution is 7.95. The van der Waals surface area contributed by atoms with Crippen LogP contribution in [0.3, 0.4) is 0 Å². The molecule has 0 radical (unpaired) electrons. The molecule has 142 valence electrons. The number of hydrogen-bond donors (Lipinski definition) is 0. The fourth-order valence-corrected chi connectivity index (χ4v) is 7.71. The summed E-state index contributed by atoms with van der Waals surface area (Å²) >= 11 is 0. The molecule has 0 atom stereocenters. The van der Waals surface area contributed by atoms with Crippen molar-refractivity contribution in [3.05, 3.63) is 109 Å². The number of benzene rings is 3. The molecule has 0 saturated carbocycles. The Kier molecular flexibility index (Phi) is 6.67. The lowest BCUT2D eigenvalue weighted by molar-refractivity contribution is -0.00000596. The van der Waals surface area contributed by atoms with Crippen LogP contribution in [0.4, 0.5) is 0 Å². The van der Waals surface area contributed by atoms with Gasteiger partial charge in [-0.1, -0.05) is 61.5 Å². The predicted molar refractivity (Wildman–Crippen MR) is 115 cm³/mol. The van der Waals surface area contributed by atoms with Gasteiger partial charge in [0.25, 0.3) is 0 Å². The van der Waals surface area contributed by atoms with Crippen molar-refractivity contribution < 1.29 is 16.8 Å². The van der Waals surface area contributed by atoms with Gasteiger partial charge in [0.2, 0.25) is 0 Å². The highest BCUT2D eigenvalue weighted by atomic mass is 35.5. The maximum absolute atomic E-state index is 5.67. The molecule has 2 nitrogen and oxygen atoms in total. The molecule has 0 aliphatic rings. The van der Waals surface area contributed by atoms with E-state index in [-0.39, 0.29) is 12.4 Å². The van der Waals surface area contributed by atoms with Crippen LogP contribution in [0.1, 0.15) is 18.5 Å². The van der Waals surface area contributed by atoms with Crippen molar-refractivity contribution in [2.75, 3.05) is 0 Å². The molecule has 0 amide bonds. The van der Waals surface area contributed by atoms with Gasteiger partial charge in [0.15, 0.2) is 5.89 Å². The summed E-state index contributed by atoms with van der Waals surface area (Å²) in [6, 6.07) is 32.6. The second kappa shape index (κ2) is 9.19. The number of nitrogens with zero attached hydrogens (tertiary/aromatic N) is 1. The number of oxazole rings is 1. The summed E-state index contributed by atoms with van der Waals surface area (Å²) in [7, 11) is -1.89. The quantitative estimate of drug-likeness (QED) is 0.455. The van der Waals surface area contributed by atoms with Crippen LogP contribution in [-0.2, 0) is 12.6 Å². The fourth-order valence-electron chi connectivity index (χ4n) is 3.60. The van der Waals surface area contributed by atoms with Gasteiger partial charge in [-0.05, 0) is 36.4 Å². The standard InChI is InChI=1S/C24H23NOP.ClH/c1-2-24-25-20(18-26-24)19-27(21-12-6-3-7-13-21,22-14-8-4-9-15-22)23-16-10-5-11-17-23;/h3-18H,2,19H2,1H3;1H/q+1;/p-1. The van der Waals surface area contributed by atoms with Crippen molar-refractivity contribution in [3.63, 3.8) is 0 Å². The monoisotopic (exact) mass is 407 g/mol. The topological polar surface area (TPSA) is 26.0 Å².